The maximum Gasteiger partial charge on any atom is 0.320 e. The lowest BCUT2D eigenvalue weighted by atomic mass is 9.94. The van der Waals surface area contributed by atoms with E-state index in [9.17, 15) is 4.79 Å². The van der Waals surface area contributed by atoms with E-state index >= 15 is 0 Å². The molecule has 0 N–H and O–H groups in total. The monoisotopic (exact) mass is 384 g/mol. The third-order valence-corrected chi connectivity index (χ3v) is 5.22. The molecule has 3 rings (SSSR count). The van der Waals surface area contributed by atoms with Crippen molar-refractivity contribution in [2.75, 3.05) is 7.11 Å². The van der Waals surface area contributed by atoms with Gasteiger partial charge in [-0.15, -0.1) is 0 Å². The fourth-order valence-corrected chi connectivity index (χ4v) is 3.38. The molecule has 24 heavy (non-hydrogen) atoms. The topological polar surface area (TPSA) is 26.3 Å². The highest BCUT2D eigenvalue weighted by Gasteiger charge is 2.57. The lowest BCUT2D eigenvalue weighted by Gasteiger charge is -2.13. The van der Waals surface area contributed by atoms with Gasteiger partial charge in [-0.3, -0.25) is 4.79 Å². The van der Waals surface area contributed by atoms with Crippen LogP contribution in [0.4, 0.5) is 0 Å². The van der Waals surface area contributed by atoms with E-state index in [4.69, 9.17) is 4.74 Å². The van der Waals surface area contributed by atoms with E-state index in [0.29, 0.717) is 12.3 Å². The van der Waals surface area contributed by atoms with E-state index < -0.39 is 5.41 Å². The van der Waals surface area contributed by atoms with Crippen LogP contribution in [0.15, 0.2) is 58.6 Å². The summed E-state index contributed by atoms with van der Waals surface area (Å²) in [5.41, 5.74) is 3.92. The van der Waals surface area contributed by atoms with Crippen molar-refractivity contribution in [2.24, 2.45) is 0 Å². The Morgan fingerprint density at radius 1 is 1.12 bits per heavy atom. The Bertz CT molecular complexity index is 772. The number of hydrogen-bond donors (Lipinski definition) is 0. The third kappa shape index (κ3) is 3.05. The first-order valence-electron chi connectivity index (χ1n) is 8.13. The molecule has 0 unspecified atom stereocenters. The van der Waals surface area contributed by atoms with Crippen LogP contribution in [0.1, 0.15) is 42.9 Å². The van der Waals surface area contributed by atoms with E-state index in [-0.39, 0.29) is 5.97 Å². The van der Waals surface area contributed by atoms with Gasteiger partial charge in [0.05, 0.1) is 7.11 Å². The van der Waals surface area contributed by atoms with Crippen LogP contribution in [0, 0.1) is 0 Å². The predicted octanol–water partition coefficient (Wildman–Crippen LogP) is 5.47. The average Bonchev–Trinajstić information content (AvgIpc) is 3.30. The van der Waals surface area contributed by atoms with Crippen molar-refractivity contribution in [3.8, 4) is 0 Å². The molecule has 3 heteroatoms. The normalized spacial score (nSPS) is 21.1. The fraction of sp³-hybridized carbons (Fsp3) is 0.286. The summed E-state index contributed by atoms with van der Waals surface area (Å²) in [5.74, 6) is 0.333. The summed E-state index contributed by atoms with van der Waals surface area (Å²) >= 11 is 3.44. The lowest BCUT2D eigenvalue weighted by Crippen LogP contribution is -2.22. The van der Waals surface area contributed by atoms with E-state index in [0.717, 1.165) is 21.2 Å². The second-order valence-corrected chi connectivity index (χ2v) is 7.49. The number of hydrogen-bond acceptors (Lipinski definition) is 2. The number of esters is 1. The third-order valence-electron chi connectivity index (χ3n) is 4.69. The molecule has 2 aromatic rings. The first kappa shape index (κ1) is 17.0. The molecule has 1 saturated carbocycles. The van der Waals surface area contributed by atoms with Crippen LogP contribution in [0.25, 0.3) is 6.08 Å². The average molecular weight is 385 g/mol. The van der Waals surface area contributed by atoms with Gasteiger partial charge in [-0.2, -0.15) is 0 Å². The largest absolute Gasteiger partial charge is 0.468 e. The van der Waals surface area contributed by atoms with Gasteiger partial charge < -0.3 is 4.74 Å². The fourth-order valence-electron chi connectivity index (χ4n) is 3.11. The number of benzene rings is 2. The number of halogens is 1. The molecule has 0 saturated heterocycles. The van der Waals surface area contributed by atoms with Gasteiger partial charge >= 0.3 is 5.97 Å². The summed E-state index contributed by atoms with van der Waals surface area (Å²) in [4.78, 5) is 12.5. The quantitative estimate of drug-likeness (QED) is 0.653. The van der Waals surface area contributed by atoms with Crippen molar-refractivity contribution in [1.29, 1.82) is 0 Å². The van der Waals surface area contributed by atoms with Gasteiger partial charge in [0.15, 0.2) is 0 Å². The summed E-state index contributed by atoms with van der Waals surface area (Å²) < 4.78 is 6.09. The Balaban J connectivity index is 1.93. The number of ether oxygens (including phenoxy) is 1. The van der Waals surface area contributed by atoms with Crippen LogP contribution < -0.4 is 0 Å². The van der Waals surface area contributed by atoms with Crippen LogP contribution in [-0.4, -0.2) is 13.1 Å². The van der Waals surface area contributed by atoms with Crippen LogP contribution >= 0.6 is 15.9 Å². The predicted molar refractivity (Wildman–Crippen MR) is 101 cm³/mol. The van der Waals surface area contributed by atoms with Gasteiger partial charge in [0.25, 0.3) is 0 Å². The molecular weight excluding hydrogens is 364 g/mol. The molecule has 0 amide bonds. The maximum atomic E-state index is 12.5. The molecule has 2 nitrogen and oxygen atoms in total. The SMILES string of the molecule is COC(=O)[C@]1(c2ccc(Br)cc2)C/C1=C/c1ccc(C(C)C)cc1. The molecule has 0 aliphatic heterocycles. The number of carbonyl (C=O) groups is 1. The molecule has 0 radical (unpaired) electrons. The standard InChI is InChI=1S/C21H21BrO2/c1-14(2)16-6-4-15(5-7-16)12-18-13-21(18,20(23)24-3)17-8-10-19(22)11-9-17/h4-12,14H,13H2,1-3H3/b18-12-/t21-/m0/s1. The van der Waals surface area contributed by atoms with Crippen molar-refractivity contribution < 1.29 is 9.53 Å². The maximum absolute atomic E-state index is 12.5. The Morgan fingerprint density at radius 2 is 1.75 bits per heavy atom. The number of methoxy groups -OCH3 is 1. The van der Waals surface area contributed by atoms with Crippen LogP contribution in [0.3, 0.4) is 0 Å². The Kier molecular flexibility index (Phi) is 4.64. The second-order valence-electron chi connectivity index (χ2n) is 6.57. The number of carbonyl (C=O) groups excluding carboxylic acids is 1. The highest BCUT2D eigenvalue weighted by atomic mass is 79.9. The van der Waals surface area contributed by atoms with Gasteiger partial charge in [0.2, 0.25) is 0 Å². The Labute approximate surface area is 151 Å². The smallest absolute Gasteiger partial charge is 0.320 e. The van der Waals surface area contributed by atoms with E-state index in [1.807, 2.05) is 24.3 Å². The van der Waals surface area contributed by atoms with E-state index in [1.54, 1.807) is 0 Å². The van der Waals surface area contributed by atoms with Crippen LogP contribution in [0.5, 0.6) is 0 Å². The molecule has 0 heterocycles. The molecule has 0 bridgehead atoms. The van der Waals surface area contributed by atoms with E-state index in [2.05, 4.69) is 60.1 Å². The Morgan fingerprint density at radius 3 is 2.29 bits per heavy atom. The van der Waals surface area contributed by atoms with E-state index in [1.165, 1.54) is 12.7 Å². The van der Waals surface area contributed by atoms with Crippen molar-refractivity contribution in [3.63, 3.8) is 0 Å². The van der Waals surface area contributed by atoms with Crippen molar-refractivity contribution in [2.45, 2.75) is 31.6 Å². The molecule has 1 atom stereocenters. The summed E-state index contributed by atoms with van der Waals surface area (Å²) in [6, 6.07) is 16.4. The molecule has 0 aromatic heterocycles. The minimum atomic E-state index is -0.619. The van der Waals surface area contributed by atoms with Crippen molar-refractivity contribution in [3.05, 3.63) is 75.3 Å². The highest BCUT2D eigenvalue weighted by Crippen LogP contribution is 2.55. The molecule has 1 aliphatic rings. The molecule has 124 valence electrons. The first-order valence-corrected chi connectivity index (χ1v) is 8.92. The zero-order valence-electron chi connectivity index (χ0n) is 14.2. The van der Waals surface area contributed by atoms with Gasteiger partial charge in [0.1, 0.15) is 5.41 Å². The summed E-state index contributed by atoms with van der Waals surface area (Å²) in [5, 5.41) is 0. The van der Waals surface area contributed by atoms with Crippen molar-refractivity contribution >= 4 is 28.0 Å². The first-order chi connectivity index (χ1) is 11.5. The van der Waals surface area contributed by atoms with Crippen molar-refractivity contribution in [1.82, 2.24) is 0 Å². The number of rotatable bonds is 4. The summed E-state index contributed by atoms with van der Waals surface area (Å²) in [6.07, 6.45) is 2.83. The van der Waals surface area contributed by atoms with Gasteiger partial charge in [0, 0.05) is 4.47 Å². The molecule has 2 aromatic carbocycles. The lowest BCUT2D eigenvalue weighted by molar-refractivity contribution is -0.143. The summed E-state index contributed by atoms with van der Waals surface area (Å²) in [6.45, 7) is 4.37. The molecule has 1 fully saturated rings. The van der Waals surface area contributed by atoms with Gasteiger partial charge in [-0.05, 0) is 46.7 Å². The zero-order chi connectivity index (χ0) is 17.3. The zero-order valence-corrected chi connectivity index (χ0v) is 15.8. The minimum absolute atomic E-state index is 0.185. The van der Waals surface area contributed by atoms with Gasteiger partial charge in [-0.1, -0.05) is 72.3 Å². The second kappa shape index (κ2) is 6.56. The van der Waals surface area contributed by atoms with Crippen LogP contribution in [0.2, 0.25) is 0 Å². The minimum Gasteiger partial charge on any atom is -0.468 e. The summed E-state index contributed by atoms with van der Waals surface area (Å²) in [7, 11) is 1.45. The molecule has 1 aliphatic carbocycles. The molecule has 0 spiro atoms. The van der Waals surface area contributed by atoms with Gasteiger partial charge in [-0.25, -0.2) is 0 Å². The highest BCUT2D eigenvalue weighted by molar-refractivity contribution is 9.10. The Hall–Kier alpha value is -1.87. The van der Waals surface area contributed by atoms with Crippen LogP contribution in [-0.2, 0) is 14.9 Å². The molecular formula is C21H21BrO2.